The van der Waals surface area contributed by atoms with Gasteiger partial charge in [-0.15, -0.1) is 24.0 Å². The quantitative estimate of drug-likeness (QED) is 0.346. The third-order valence-electron chi connectivity index (χ3n) is 4.89. The van der Waals surface area contributed by atoms with Gasteiger partial charge in [0.15, 0.2) is 17.5 Å². The summed E-state index contributed by atoms with van der Waals surface area (Å²) in [5.74, 6) is 2.39. The highest BCUT2D eigenvalue weighted by molar-refractivity contribution is 14.0. The zero-order chi connectivity index (χ0) is 19.1. The van der Waals surface area contributed by atoms with Gasteiger partial charge in [0, 0.05) is 45.1 Å². The van der Waals surface area contributed by atoms with Gasteiger partial charge in [0.25, 0.3) is 0 Å². The van der Waals surface area contributed by atoms with Gasteiger partial charge < -0.3 is 24.7 Å². The first-order valence-electron chi connectivity index (χ1n) is 9.57. The standard InChI is InChI=1S/C21H30N4O2.HI/c1-22-21(23-13-16-11-12-25(2)15-16)24-14-17-7-6-10-19(26-3)20(17)27-18-8-4-5-9-18;/h6-7,10-12,15,18H,4-5,8-9,13-14H2,1-3H3,(H2,22,23,24);1H. The highest BCUT2D eigenvalue weighted by Crippen LogP contribution is 2.34. The van der Waals surface area contributed by atoms with Crippen LogP contribution in [0.15, 0.2) is 41.7 Å². The Morgan fingerprint density at radius 1 is 1.18 bits per heavy atom. The van der Waals surface area contributed by atoms with Crippen molar-refractivity contribution in [3.05, 3.63) is 47.8 Å². The number of nitrogens with one attached hydrogen (secondary N) is 2. The first kappa shape index (κ1) is 22.4. The van der Waals surface area contributed by atoms with E-state index in [4.69, 9.17) is 9.47 Å². The topological polar surface area (TPSA) is 59.8 Å². The van der Waals surface area contributed by atoms with E-state index >= 15 is 0 Å². The maximum absolute atomic E-state index is 6.30. The third-order valence-corrected chi connectivity index (χ3v) is 4.89. The lowest BCUT2D eigenvalue weighted by atomic mass is 10.1. The molecule has 0 aliphatic heterocycles. The predicted molar refractivity (Wildman–Crippen MR) is 124 cm³/mol. The van der Waals surface area contributed by atoms with Crippen molar-refractivity contribution in [2.45, 2.75) is 44.9 Å². The lowest BCUT2D eigenvalue weighted by Crippen LogP contribution is -2.36. The molecular formula is C21H31IN4O2. The van der Waals surface area contributed by atoms with Crippen LogP contribution >= 0.6 is 24.0 Å². The van der Waals surface area contributed by atoms with Crippen molar-refractivity contribution in [2.75, 3.05) is 14.2 Å². The van der Waals surface area contributed by atoms with E-state index in [9.17, 15) is 0 Å². The summed E-state index contributed by atoms with van der Waals surface area (Å²) < 4.78 is 13.9. The Morgan fingerprint density at radius 3 is 2.57 bits per heavy atom. The van der Waals surface area contributed by atoms with Crippen LogP contribution in [0.4, 0.5) is 0 Å². The number of methoxy groups -OCH3 is 1. The Balaban J connectivity index is 0.00000280. The van der Waals surface area contributed by atoms with E-state index in [2.05, 4.69) is 34.0 Å². The SMILES string of the molecule is CN=C(NCc1ccn(C)c1)NCc1cccc(OC)c1OC1CCCC1.I. The van der Waals surface area contributed by atoms with Crippen LogP contribution in [-0.4, -0.2) is 30.8 Å². The molecule has 1 aliphatic carbocycles. The molecule has 1 aromatic carbocycles. The maximum atomic E-state index is 6.30. The van der Waals surface area contributed by atoms with Gasteiger partial charge in [-0.2, -0.15) is 0 Å². The fourth-order valence-electron chi connectivity index (χ4n) is 3.42. The second-order valence-corrected chi connectivity index (χ2v) is 6.94. The molecule has 28 heavy (non-hydrogen) atoms. The van der Waals surface area contributed by atoms with E-state index in [-0.39, 0.29) is 30.1 Å². The number of benzene rings is 1. The molecule has 1 aliphatic rings. The summed E-state index contributed by atoms with van der Waals surface area (Å²) in [5.41, 5.74) is 2.29. The smallest absolute Gasteiger partial charge is 0.191 e. The van der Waals surface area contributed by atoms with Crippen molar-refractivity contribution in [2.24, 2.45) is 12.0 Å². The Kier molecular flexibility index (Phi) is 8.95. The lowest BCUT2D eigenvalue weighted by molar-refractivity contribution is 0.198. The number of aromatic nitrogens is 1. The number of rotatable bonds is 7. The second kappa shape index (κ2) is 11.2. The molecule has 7 heteroatoms. The highest BCUT2D eigenvalue weighted by Gasteiger charge is 2.20. The molecule has 0 amide bonds. The molecule has 0 radical (unpaired) electrons. The van der Waals surface area contributed by atoms with Crippen LogP contribution in [0.3, 0.4) is 0 Å². The van der Waals surface area contributed by atoms with Crippen LogP contribution in [0.25, 0.3) is 0 Å². The Labute approximate surface area is 184 Å². The number of hydrogen-bond acceptors (Lipinski definition) is 3. The van der Waals surface area contributed by atoms with Crippen LogP contribution in [0.1, 0.15) is 36.8 Å². The van der Waals surface area contributed by atoms with E-state index in [1.807, 2.05) is 29.9 Å². The van der Waals surface area contributed by atoms with Gasteiger partial charge in [-0.05, 0) is 43.4 Å². The summed E-state index contributed by atoms with van der Waals surface area (Å²) in [6.07, 6.45) is 9.13. The minimum atomic E-state index is 0. The van der Waals surface area contributed by atoms with Gasteiger partial charge in [0.1, 0.15) is 0 Å². The number of aliphatic imine (C=N–C) groups is 1. The zero-order valence-corrected chi connectivity index (χ0v) is 19.2. The Morgan fingerprint density at radius 2 is 1.93 bits per heavy atom. The minimum Gasteiger partial charge on any atom is -0.493 e. The van der Waals surface area contributed by atoms with E-state index in [1.54, 1.807) is 14.2 Å². The van der Waals surface area contributed by atoms with Crippen molar-refractivity contribution in [1.29, 1.82) is 0 Å². The van der Waals surface area contributed by atoms with Gasteiger partial charge in [-0.25, -0.2) is 0 Å². The largest absolute Gasteiger partial charge is 0.493 e. The molecule has 1 fully saturated rings. The molecule has 2 aromatic rings. The van der Waals surface area contributed by atoms with Crippen LogP contribution in [0.2, 0.25) is 0 Å². The van der Waals surface area contributed by atoms with E-state index in [1.165, 1.54) is 18.4 Å². The molecule has 6 nitrogen and oxygen atoms in total. The van der Waals surface area contributed by atoms with Gasteiger partial charge in [-0.1, -0.05) is 12.1 Å². The number of ether oxygens (including phenoxy) is 2. The summed E-state index contributed by atoms with van der Waals surface area (Å²) >= 11 is 0. The summed E-state index contributed by atoms with van der Waals surface area (Å²) in [6, 6.07) is 8.12. The predicted octanol–water partition coefficient (Wildman–Crippen LogP) is 3.84. The molecule has 1 saturated carbocycles. The first-order chi connectivity index (χ1) is 13.2. The molecular weight excluding hydrogens is 467 g/mol. The summed E-state index contributed by atoms with van der Waals surface area (Å²) in [6.45, 7) is 1.35. The molecule has 1 heterocycles. The van der Waals surface area contributed by atoms with Gasteiger partial charge in [0.2, 0.25) is 0 Å². The number of hydrogen-bond donors (Lipinski definition) is 2. The molecule has 0 bridgehead atoms. The number of aryl methyl sites for hydroxylation is 1. The van der Waals surface area contributed by atoms with Crippen molar-refractivity contribution in [3.63, 3.8) is 0 Å². The number of guanidine groups is 1. The van der Waals surface area contributed by atoms with Crippen LogP contribution in [-0.2, 0) is 20.1 Å². The summed E-state index contributed by atoms with van der Waals surface area (Å²) in [4.78, 5) is 4.32. The normalized spacial score (nSPS) is 14.5. The molecule has 1 aromatic heterocycles. The highest BCUT2D eigenvalue weighted by atomic mass is 127. The van der Waals surface area contributed by atoms with E-state index in [0.717, 1.165) is 42.4 Å². The lowest BCUT2D eigenvalue weighted by Gasteiger charge is -2.20. The monoisotopic (exact) mass is 498 g/mol. The molecule has 0 atom stereocenters. The van der Waals surface area contributed by atoms with E-state index < -0.39 is 0 Å². The molecule has 3 rings (SSSR count). The van der Waals surface area contributed by atoms with Crippen LogP contribution in [0.5, 0.6) is 11.5 Å². The van der Waals surface area contributed by atoms with Crippen molar-refractivity contribution >= 4 is 29.9 Å². The Hall–Kier alpha value is -1.90. The average molecular weight is 498 g/mol. The summed E-state index contributed by atoms with van der Waals surface area (Å²) in [7, 11) is 5.49. The fourth-order valence-corrected chi connectivity index (χ4v) is 3.42. The number of para-hydroxylation sites is 1. The van der Waals surface area contributed by atoms with Crippen LogP contribution in [0, 0.1) is 0 Å². The van der Waals surface area contributed by atoms with Crippen molar-refractivity contribution in [3.8, 4) is 11.5 Å². The molecule has 0 unspecified atom stereocenters. The number of halogens is 1. The molecule has 154 valence electrons. The molecule has 0 saturated heterocycles. The van der Waals surface area contributed by atoms with Crippen LogP contribution < -0.4 is 20.1 Å². The minimum absolute atomic E-state index is 0. The number of nitrogens with zero attached hydrogens (tertiary/aromatic N) is 2. The third kappa shape index (κ3) is 6.05. The zero-order valence-electron chi connectivity index (χ0n) is 16.9. The second-order valence-electron chi connectivity index (χ2n) is 6.94. The Bertz CT molecular complexity index is 770. The van der Waals surface area contributed by atoms with Gasteiger partial charge in [0.05, 0.1) is 13.2 Å². The maximum Gasteiger partial charge on any atom is 0.191 e. The molecule has 0 spiro atoms. The van der Waals surface area contributed by atoms with Crippen molar-refractivity contribution < 1.29 is 9.47 Å². The van der Waals surface area contributed by atoms with Gasteiger partial charge >= 0.3 is 0 Å². The first-order valence-corrected chi connectivity index (χ1v) is 9.57. The summed E-state index contributed by atoms with van der Waals surface area (Å²) in [5, 5.41) is 6.72. The fraction of sp³-hybridized carbons (Fsp3) is 0.476. The van der Waals surface area contributed by atoms with E-state index in [0.29, 0.717) is 6.54 Å². The molecule has 2 N–H and O–H groups in total. The average Bonchev–Trinajstić information content (AvgIpc) is 3.34. The van der Waals surface area contributed by atoms with Crippen molar-refractivity contribution in [1.82, 2.24) is 15.2 Å². The van der Waals surface area contributed by atoms with Gasteiger partial charge in [-0.3, -0.25) is 4.99 Å².